The van der Waals surface area contributed by atoms with Crippen LogP contribution in [0.15, 0.2) is 6.33 Å². The summed E-state index contributed by atoms with van der Waals surface area (Å²) in [6.07, 6.45) is 5.59. The fourth-order valence-electron chi connectivity index (χ4n) is 2.23. The SMILES string of the molecule is Cn1cnc([N+](=O)[O-])c1NC1CCCCC1N. The van der Waals surface area contributed by atoms with Crippen LogP contribution in [0.4, 0.5) is 11.6 Å². The Balaban J connectivity index is 2.17. The summed E-state index contributed by atoms with van der Waals surface area (Å²) in [6, 6.07) is 0.149. The maximum Gasteiger partial charge on any atom is 0.406 e. The first-order chi connectivity index (χ1) is 8.09. The Hall–Kier alpha value is -1.63. The van der Waals surface area contributed by atoms with Crippen LogP contribution in [0.5, 0.6) is 0 Å². The smallest absolute Gasteiger partial charge is 0.360 e. The molecule has 1 aromatic rings. The molecule has 2 unspecified atom stereocenters. The highest BCUT2D eigenvalue weighted by atomic mass is 16.6. The molecule has 0 saturated heterocycles. The average molecular weight is 239 g/mol. The van der Waals surface area contributed by atoms with Crippen molar-refractivity contribution in [3.05, 3.63) is 16.4 Å². The van der Waals surface area contributed by atoms with Crippen molar-refractivity contribution in [2.24, 2.45) is 12.8 Å². The molecule has 94 valence electrons. The first kappa shape index (κ1) is 11.8. The molecular formula is C10H17N5O2. The van der Waals surface area contributed by atoms with Crippen molar-refractivity contribution < 1.29 is 4.92 Å². The fourth-order valence-corrected chi connectivity index (χ4v) is 2.23. The zero-order valence-electron chi connectivity index (χ0n) is 9.80. The van der Waals surface area contributed by atoms with Gasteiger partial charge in [-0.3, -0.25) is 4.57 Å². The Bertz CT molecular complexity index is 417. The molecular weight excluding hydrogens is 222 g/mol. The Morgan fingerprint density at radius 3 is 2.94 bits per heavy atom. The molecule has 0 bridgehead atoms. The molecule has 0 amide bonds. The Morgan fingerprint density at radius 1 is 1.59 bits per heavy atom. The second kappa shape index (κ2) is 4.70. The van der Waals surface area contributed by atoms with E-state index in [2.05, 4.69) is 10.3 Å². The predicted molar refractivity (Wildman–Crippen MR) is 63.7 cm³/mol. The Kier molecular flexibility index (Phi) is 3.28. The molecule has 3 N–H and O–H groups in total. The van der Waals surface area contributed by atoms with Crippen LogP contribution < -0.4 is 11.1 Å². The number of aromatic nitrogens is 2. The lowest BCUT2D eigenvalue weighted by Crippen LogP contribution is -2.43. The van der Waals surface area contributed by atoms with Crippen LogP contribution in [-0.4, -0.2) is 26.6 Å². The highest BCUT2D eigenvalue weighted by Gasteiger charge is 2.27. The van der Waals surface area contributed by atoms with E-state index in [-0.39, 0.29) is 17.9 Å². The third-order valence-corrected chi connectivity index (χ3v) is 3.23. The van der Waals surface area contributed by atoms with Gasteiger partial charge in [0.2, 0.25) is 12.1 Å². The van der Waals surface area contributed by atoms with Crippen LogP contribution in [0.3, 0.4) is 0 Å². The average Bonchev–Trinajstić information content (AvgIpc) is 2.64. The lowest BCUT2D eigenvalue weighted by atomic mass is 9.91. The van der Waals surface area contributed by atoms with Crippen molar-refractivity contribution >= 4 is 11.6 Å². The summed E-state index contributed by atoms with van der Waals surface area (Å²) in [5.74, 6) is 0.308. The summed E-state index contributed by atoms with van der Waals surface area (Å²) in [6.45, 7) is 0. The summed E-state index contributed by atoms with van der Waals surface area (Å²) in [7, 11) is 1.73. The van der Waals surface area contributed by atoms with Crippen LogP contribution in [-0.2, 0) is 7.05 Å². The van der Waals surface area contributed by atoms with Gasteiger partial charge in [0.15, 0.2) is 0 Å². The highest BCUT2D eigenvalue weighted by molar-refractivity contribution is 5.52. The molecule has 7 nitrogen and oxygen atoms in total. The van der Waals surface area contributed by atoms with Gasteiger partial charge in [-0.2, -0.15) is 0 Å². The van der Waals surface area contributed by atoms with E-state index in [1.807, 2.05) is 0 Å². The number of imidazole rings is 1. The normalized spacial score (nSPS) is 24.6. The number of nitrogens with one attached hydrogen (secondary N) is 1. The lowest BCUT2D eigenvalue weighted by molar-refractivity contribution is -0.388. The maximum atomic E-state index is 10.8. The molecule has 17 heavy (non-hydrogen) atoms. The highest BCUT2D eigenvalue weighted by Crippen LogP contribution is 2.26. The van der Waals surface area contributed by atoms with Crippen molar-refractivity contribution in [3.63, 3.8) is 0 Å². The van der Waals surface area contributed by atoms with E-state index < -0.39 is 4.92 Å². The van der Waals surface area contributed by atoms with Gasteiger partial charge in [-0.15, -0.1) is 0 Å². The summed E-state index contributed by atoms with van der Waals surface area (Å²) in [4.78, 5) is 14.1. The van der Waals surface area contributed by atoms with Crippen molar-refractivity contribution in [2.75, 3.05) is 5.32 Å². The number of rotatable bonds is 3. The van der Waals surface area contributed by atoms with Crippen LogP contribution in [0.1, 0.15) is 25.7 Å². The molecule has 1 heterocycles. The lowest BCUT2D eigenvalue weighted by Gasteiger charge is -2.29. The maximum absolute atomic E-state index is 10.8. The zero-order valence-corrected chi connectivity index (χ0v) is 9.80. The summed E-state index contributed by atoms with van der Waals surface area (Å²) in [5.41, 5.74) is 6.01. The van der Waals surface area contributed by atoms with Gasteiger partial charge in [-0.25, -0.2) is 0 Å². The minimum absolute atomic E-state index is 0.0539. The standard InChI is InChI=1S/C10H17N5O2/c1-14-6-12-9(15(16)17)10(14)13-8-5-3-2-4-7(8)11/h6-8,13H,2-5,11H2,1H3. The monoisotopic (exact) mass is 239 g/mol. The van der Waals surface area contributed by atoms with Gasteiger partial charge >= 0.3 is 5.82 Å². The molecule has 0 aromatic carbocycles. The molecule has 2 atom stereocenters. The van der Waals surface area contributed by atoms with Gasteiger partial charge in [0.25, 0.3) is 0 Å². The van der Waals surface area contributed by atoms with E-state index >= 15 is 0 Å². The molecule has 0 aliphatic heterocycles. The number of nitrogens with two attached hydrogens (primary N) is 1. The van der Waals surface area contributed by atoms with Crippen LogP contribution in [0.2, 0.25) is 0 Å². The van der Waals surface area contributed by atoms with Crippen molar-refractivity contribution in [1.82, 2.24) is 9.55 Å². The quantitative estimate of drug-likeness (QED) is 0.605. The summed E-state index contributed by atoms with van der Waals surface area (Å²) in [5, 5.41) is 14.0. The van der Waals surface area contributed by atoms with E-state index in [9.17, 15) is 10.1 Å². The predicted octanol–water partition coefficient (Wildman–Crippen LogP) is 1.01. The van der Waals surface area contributed by atoms with Crippen LogP contribution in [0, 0.1) is 10.1 Å². The molecule has 7 heteroatoms. The zero-order chi connectivity index (χ0) is 12.4. The number of hydrogen-bond acceptors (Lipinski definition) is 5. The first-order valence-corrected chi connectivity index (χ1v) is 5.77. The third-order valence-electron chi connectivity index (χ3n) is 3.23. The second-order valence-electron chi connectivity index (χ2n) is 4.48. The van der Waals surface area contributed by atoms with Gasteiger partial charge in [0, 0.05) is 19.1 Å². The number of aryl methyl sites for hydroxylation is 1. The fraction of sp³-hybridized carbons (Fsp3) is 0.700. The van der Waals surface area contributed by atoms with E-state index in [1.165, 1.54) is 6.33 Å². The van der Waals surface area contributed by atoms with Gasteiger partial charge in [-0.05, 0) is 22.7 Å². The molecule has 1 fully saturated rings. The summed E-state index contributed by atoms with van der Waals surface area (Å²) < 4.78 is 1.62. The number of nitrogens with zero attached hydrogens (tertiary/aromatic N) is 3. The van der Waals surface area contributed by atoms with Crippen molar-refractivity contribution in [3.8, 4) is 0 Å². The largest absolute Gasteiger partial charge is 0.406 e. The van der Waals surface area contributed by atoms with Gasteiger partial charge in [-0.1, -0.05) is 12.8 Å². The Morgan fingerprint density at radius 2 is 2.29 bits per heavy atom. The van der Waals surface area contributed by atoms with Gasteiger partial charge < -0.3 is 21.2 Å². The molecule has 2 rings (SSSR count). The topological polar surface area (TPSA) is 99.0 Å². The van der Waals surface area contributed by atoms with E-state index in [1.54, 1.807) is 11.6 Å². The van der Waals surface area contributed by atoms with Gasteiger partial charge in [0.1, 0.15) is 0 Å². The van der Waals surface area contributed by atoms with Crippen LogP contribution in [0.25, 0.3) is 0 Å². The van der Waals surface area contributed by atoms with Gasteiger partial charge in [0.05, 0.1) is 0 Å². The molecule has 1 saturated carbocycles. The molecule has 1 aliphatic rings. The van der Waals surface area contributed by atoms with E-state index in [4.69, 9.17) is 5.73 Å². The molecule has 1 aromatic heterocycles. The van der Waals surface area contributed by atoms with E-state index in [0.29, 0.717) is 5.82 Å². The minimum atomic E-state index is -0.476. The van der Waals surface area contributed by atoms with E-state index in [0.717, 1.165) is 25.7 Å². The second-order valence-corrected chi connectivity index (χ2v) is 4.48. The molecule has 0 spiro atoms. The number of anilines is 1. The minimum Gasteiger partial charge on any atom is -0.360 e. The first-order valence-electron chi connectivity index (χ1n) is 5.77. The van der Waals surface area contributed by atoms with Crippen LogP contribution >= 0.6 is 0 Å². The molecule has 1 aliphatic carbocycles. The molecule has 0 radical (unpaired) electrons. The number of hydrogen-bond donors (Lipinski definition) is 2. The summed E-state index contributed by atoms with van der Waals surface area (Å²) >= 11 is 0. The van der Waals surface area contributed by atoms with Crippen molar-refractivity contribution in [2.45, 2.75) is 37.8 Å². The third kappa shape index (κ3) is 2.38. The number of nitro groups is 1. The Labute approximate surface area is 99.2 Å². The van der Waals surface area contributed by atoms with Crippen molar-refractivity contribution in [1.29, 1.82) is 0 Å².